The van der Waals surface area contributed by atoms with Crippen molar-refractivity contribution in [2.45, 2.75) is 25.5 Å². The lowest BCUT2D eigenvalue weighted by Crippen LogP contribution is -2.34. The van der Waals surface area contributed by atoms with Crippen LogP contribution in [0.25, 0.3) is 0 Å². The molecule has 0 radical (unpaired) electrons. The topological polar surface area (TPSA) is 113 Å². The quantitative estimate of drug-likeness (QED) is 0.407. The van der Waals surface area contributed by atoms with Gasteiger partial charge in [-0.25, -0.2) is 4.79 Å². The predicted molar refractivity (Wildman–Crippen MR) is 43.1 cm³/mol. The van der Waals surface area contributed by atoms with Crippen molar-refractivity contribution < 1.29 is 19.9 Å². The third-order valence-electron chi connectivity index (χ3n) is 1.61. The molecule has 0 aliphatic heterocycles. The highest BCUT2D eigenvalue weighted by Gasteiger charge is 2.23. The second-order valence-electron chi connectivity index (χ2n) is 2.61. The second-order valence-corrected chi connectivity index (χ2v) is 2.61. The summed E-state index contributed by atoms with van der Waals surface area (Å²) in [6.07, 6.45) is -2.29. The molecule has 7 heteroatoms. The Morgan fingerprint density at radius 3 is 2.62 bits per heavy atom. The smallest absolute Gasteiger partial charge is 0.404 e. The van der Waals surface area contributed by atoms with Crippen molar-refractivity contribution in [2.24, 2.45) is 0 Å². The zero-order valence-electron chi connectivity index (χ0n) is 7.14. The van der Waals surface area contributed by atoms with Gasteiger partial charge in [-0.05, 0) is 6.42 Å². The molecule has 2 unspecified atom stereocenters. The highest BCUT2D eigenvalue weighted by atomic mass is 16.6. The Morgan fingerprint density at radius 2 is 2.23 bits per heavy atom. The van der Waals surface area contributed by atoms with Gasteiger partial charge in [-0.3, -0.25) is 10.1 Å². The first kappa shape index (κ1) is 11.6. The van der Waals surface area contributed by atoms with Gasteiger partial charge in [0.25, 0.3) is 0 Å². The molecular weight excluding hydrogens is 180 g/mol. The average molecular weight is 192 g/mol. The van der Waals surface area contributed by atoms with Gasteiger partial charge in [0.15, 0.2) is 0 Å². The molecule has 13 heavy (non-hydrogen) atoms. The molecule has 0 fully saturated rings. The Hall–Kier alpha value is -1.37. The normalized spacial score (nSPS) is 14.6. The lowest BCUT2D eigenvalue weighted by atomic mass is 10.1. The molecule has 3 N–H and O–H groups in total. The number of hydrogen-bond acceptors (Lipinski definition) is 4. The lowest BCUT2D eigenvalue weighted by Gasteiger charge is -2.11. The van der Waals surface area contributed by atoms with Gasteiger partial charge < -0.3 is 15.5 Å². The van der Waals surface area contributed by atoms with Gasteiger partial charge in [-0.1, -0.05) is 0 Å². The monoisotopic (exact) mass is 192 g/mol. The van der Waals surface area contributed by atoms with Gasteiger partial charge in [-0.2, -0.15) is 0 Å². The number of carbonyl (C=O) groups is 1. The van der Waals surface area contributed by atoms with Gasteiger partial charge in [0.1, 0.15) is 6.10 Å². The Bertz CT molecular complexity index is 195. The van der Waals surface area contributed by atoms with Gasteiger partial charge in [-0.15, -0.1) is 0 Å². The Kier molecular flexibility index (Phi) is 4.75. The largest absolute Gasteiger partial charge is 0.465 e. The highest BCUT2D eigenvalue weighted by Crippen LogP contribution is 2.00. The van der Waals surface area contributed by atoms with E-state index in [4.69, 9.17) is 10.2 Å². The lowest BCUT2D eigenvalue weighted by molar-refractivity contribution is -0.529. The van der Waals surface area contributed by atoms with Gasteiger partial charge in [0.05, 0.1) is 0 Å². The van der Waals surface area contributed by atoms with Crippen molar-refractivity contribution >= 4 is 6.09 Å². The van der Waals surface area contributed by atoms with Crippen LogP contribution < -0.4 is 5.32 Å². The van der Waals surface area contributed by atoms with Crippen molar-refractivity contribution in [3.8, 4) is 0 Å². The van der Waals surface area contributed by atoms with E-state index < -0.39 is 23.2 Å². The number of rotatable bonds is 5. The Labute approximate surface area is 74.5 Å². The van der Waals surface area contributed by atoms with Crippen LogP contribution in [-0.2, 0) is 0 Å². The summed E-state index contributed by atoms with van der Waals surface area (Å²) >= 11 is 0. The molecule has 76 valence electrons. The molecule has 0 aliphatic rings. The van der Waals surface area contributed by atoms with E-state index in [1.165, 1.54) is 6.92 Å². The predicted octanol–water partition coefficient (Wildman–Crippen LogP) is -0.330. The summed E-state index contributed by atoms with van der Waals surface area (Å²) in [6.45, 7) is 1.28. The van der Waals surface area contributed by atoms with E-state index in [0.717, 1.165) is 0 Å². The first-order valence-corrected chi connectivity index (χ1v) is 3.73. The summed E-state index contributed by atoms with van der Waals surface area (Å²) in [5.41, 5.74) is 0. The fourth-order valence-corrected chi connectivity index (χ4v) is 0.709. The van der Waals surface area contributed by atoms with Gasteiger partial charge in [0.2, 0.25) is 6.04 Å². The van der Waals surface area contributed by atoms with Crippen LogP contribution in [-0.4, -0.2) is 39.9 Å². The summed E-state index contributed by atoms with van der Waals surface area (Å²) < 4.78 is 0. The third-order valence-corrected chi connectivity index (χ3v) is 1.61. The molecule has 2 atom stereocenters. The number of nitrogens with one attached hydrogen (secondary N) is 1. The van der Waals surface area contributed by atoms with Gasteiger partial charge in [0, 0.05) is 18.4 Å². The van der Waals surface area contributed by atoms with Crippen LogP contribution in [0.15, 0.2) is 0 Å². The number of carboxylic acid groups (broad SMARTS) is 1. The maximum atomic E-state index is 10.1. The number of amides is 1. The van der Waals surface area contributed by atoms with Crippen molar-refractivity contribution in [1.29, 1.82) is 0 Å². The van der Waals surface area contributed by atoms with Crippen LogP contribution in [0.2, 0.25) is 0 Å². The zero-order chi connectivity index (χ0) is 10.4. The van der Waals surface area contributed by atoms with Crippen LogP contribution in [0.1, 0.15) is 13.3 Å². The fraction of sp³-hybridized carbons (Fsp3) is 0.833. The van der Waals surface area contributed by atoms with Crippen LogP contribution in [0.4, 0.5) is 4.79 Å². The van der Waals surface area contributed by atoms with E-state index in [1.54, 1.807) is 0 Å². The number of hydrogen-bond donors (Lipinski definition) is 3. The maximum absolute atomic E-state index is 10.1. The maximum Gasteiger partial charge on any atom is 0.404 e. The van der Waals surface area contributed by atoms with E-state index >= 15 is 0 Å². The van der Waals surface area contributed by atoms with E-state index in [-0.39, 0.29) is 13.0 Å². The Balaban J connectivity index is 3.67. The number of aliphatic hydroxyl groups is 1. The van der Waals surface area contributed by atoms with Crippen molar-refractivity contribution in [3.63, 3.8) is 0 Å². The fourth-order valence-electron chi connectivity index (χ4n) is 0.709. The third kappa shape index (κ3) is 4.96. The molecule has 0 spiro atoms. The molecule has 0 rings (SSSR count). The molecule has 7 nitrogen and oxygen atoms in total. The number of nitro groups is 1. The van der Waals surface area contributed by atoms with Crippen LogP contribution in [0.3, 0.4) is 0 Å². The average Bonchev–Trinajstić information content (AvgIpc) is 2.02. The minimum atomic E-state index is -1.21. The summed E-state index contributed by atoms with van der Waals surface area (Å²) in [5.74, 6) is 0. The molecule has 0 aromatic heterocycles. The van der Waals surface area contributed by atoms with Crippen molar-refractivity contribution in [3.05, 3.63) is 10.1 Å². The zero-order valence-corrected chi connectivity index (χ0v) is 7.14. The first-order chi connectivity index (χ1) is 5.95. The SMILES string of the molecule is CC(C(O)CCNC(=O)O)[N+](=O)[O-]. The standard InChI is InChI=1S/C6H12N2O5/c1-4(8(12)13)5(9)2-3-7-6(10)11/h4-5,7,9H,2-3H2,1H3,(H,10,11). The van der Waals surface area contributed by atoms with Gasteiger partial charge >= 0.3 is 6.09 Å². The van der Waals surface area contributed by atoms with E-state index in [9.17, 15) is 14.9 Å². The van der Waals surface area contributed by atoms with E-state index in [2.05, 4.69) is 0 Å². The summed E-state index contributed by atoms with van der Waals surface area (Å²) in [6, 6.07) is -1.07. The molecule has 0 aromatic rings. The Morgan fingerprint density at radius 1 is 1.69 bits per heavy atom. The molecule has 0 heterocycles. The van der Waals surface area contributed by atoms with Crippen molar-refractivity contribution in [1.82, 2.24) is 5.32 Å². The minimum absolute atomic E-state index is 0.00861. The summed E-state index contributed by atoms with van der Waals surface area (Å²) in [7, 11) is 0. The van der Waals surface area contributed by atoms with Crippen molar-refractivity contribution in [2.75, 3.05) is 6.54 Å². The molecule has 0 saturated carbocycles. The number of nitrogens with zero attached hydrogens (tertiary/aromatic N) is 1. The van der Waals surface area contributed by atoms with E-state index in [0.29, 0.717) is 0 Å². The van der Waals surface area contributed by atoms with Crippen LogP contribution in [0.5, 0.6) is 0 Å². The minimum Gasteiger partial charge on any atom is -0.465 e. The van der Waals surface area contributed by atoms with Crippen LogP contribution in [0, 0.1) is 10.1 Å². The van der Waals surface area contributed by atoms with E-state index in [1.807, 2.05) is 5.32 Å². The summed E-state index contributed by atoms with van der Waals surface area (Å²) in [5, 5.41) is 29.4. The molecular formula is C6H12N2O5. The molecule has 0 aromatic carbocycles. The second kappa shape index (κ2) is 5.31. The summed E-state index contributed by atoms with van der Waals surface area (Å²) in [4.78, 5) is 19.5. The highest BCUT2D eigenvalue weighted by molar-refractivity contribution is 5.64. The van der Waals surface area contributed by atoms with Crippen LogP contribution >= 0.6 is 0 Å². The molecule has 0 saturated heterocycles. The molecule has 1 amide bonds. The number of aliphatic hydroxyl groups excluding tert-OH is 1. The molecule has 0 bridgehead atoms. The molecule has 0 aliphatic carbocycles. The first-order valence-electron chi connectivity index (χ1n) is 3.73.